The average molecular weight is 399 g/mol. The van der Waals surface area contributed by atoms with E-state index in [0.29, 0.717) is 17.9 Å². The van der Waals surface area contributed by atoms with E-state index in [1.54, 1.807) is 19.2 Å². The molecule has 1 N–H and O–H groups in total. The lowest BCUT2D eigenvalue weighted by Gasteiger charge is -2.18. The molecule has 5 nitrogen and oxygen atoms in total. The topological polar surface area (TPSA) is 56.1 Å². The van der Waals surface area contributed by atoms with E-state index in [-0.39, 0.29) is 11.9 Å². The molecule has 0 saturated heterocycles. The molecule has 0 aliphatic carbocycles. The molecule has 0 unspecified atom stereocenters. The number of imidazole rings is 1. The van der Waals surface area contributed by atoms with Gasteiger partial charge in [0.2, 0.25) is 0 Å². The Bertz CT molecular complexity index is 1200. The van der Waals surface area contributed by atoms with Gasteiger partial charge < -0.3 is 14.6 Å². The molecule has 4 aromatic rings. The Balaban J connectivity index is 1.69. The standard InChI is InChI=1S/C25H25N3O2/c1-17-10-4-5-11-19(17)16-28-22-14-8-7-13-21(22)27-24(28)18(2)26-25(29)20-12-6-9-15-23(20)30-3/h4-15,18H,16H2,1-3H3,(H,26,29)/t18-/m1/s1. The summed E-state index contributed by atoms with van der Waals surface area (Å²) in [6.45, 7) is 4.77. The molecule has 1 amide bonds. The average Bonchev–Trinajstić information content (AvgIpc) is 3.14. The predicted molar refractivity (Wildman–Crippen MR) is 119 cm³/mol. The van der Waals surface area contributed by atoms with E-state index in [4.69, 9.17) is 9.72 Å². The van der Waals surface area contributed by atoms with Crippen LogP contribution >= 0.6 is 0 Å². The largest absolute Gasteiger partial charge is 0.496 e. The zero-order chi connectivity index (χ0) is 21.1. The van der Waals surface area contributed by atoms with Crippen LogP contribution in [0.2, 0.25) is 0 Å². The molecule has 0 bridgehead atoms. The molecule has 4 rings (SSSR count). The van der Waals surface area contributed by atoms with Crippen LogP contribution in [-0.4, -0.2) is 22.6 Å². The van der Waals surface area contributed by atoms with Gasteiger partial charge >= 0.3 is 0 Å². The van der Waals surface area contributed by atoms with E-state index < -0.39 is 0 Å². The van der Waals surface area contributed by atoms with Crippen molar-refractivity contribution in [3.63, 3.8) is 0 Å². The first-order chi connectivity index (χ1) is 14.6. The first kappa shape index (κ1) is 19.7. The van der Waals surface area contributed by atoms with Crippen molar-refractivity contribution in [3.8, 4) is 5.75 Å². The number of fused-ring (bicyclic) bond motifs is 1. The molecular formula is C25H25N3O2. The van der Waals surface area contributed by atoms with Gasteiger partial charge in [-0.05, 0) is 49.2 Å². The third-order valence-corrected chi connectivity index (χ3v) is 5.36. The molecule has 1 aromatic heterocycles. The number of aryl methyl sites for hydroxylation is 1. The van der Waals surface area contributed by atoms with Gasteiger partial charge in [0.25, 0.3) is 5.91 Å². The number of carbonyl (C=O) groups excluding carboxylic acids is 1. The number of hydrogen-bond acceptors (Lipinski definition) is 3. The summed E-state index contributed by atoms with van der Waals surface area (Å²) in [6.07, 6.45) is 0. The van der Waals surface area contributed by atoms with E-state index in [1.165, 1.54) is 11.1 Å². The summed E-state index contributed by atoms with van der Waals surface area (Å²) in [5.41, 5.74) is 4.93. The number of nitrogens with one attached hydrogen (secondary N) is 1. The van der Waals surface area contributed by atoms with Crippen molar-refractivity contribution in [3.05, 3.63) is 95.3 Å². The quantitative estimate of drug-likeness (QED) is 0.502. The Morgan fingerprint density at radius 2 is 1.73 bits per heavy atom. The van der Waals surface area contributed by atoms with Crippen LogP contribution in [0.3, 0.4) is 0 Å². The molecule has 30 heavy (non-hydrogen) atoms. The fourth-order valence-corrected chi connectivity index (χ4v) is 3.72. The van der Waals surface area contributed by atoms with Crippen molar-refractivity contribution in [2.45, 2.75) is 26.4 Å². The van der Waals surface area contributed by atoms with Crippen LogP contribution in [0.4, 0.5) is 0 Å². The van der Waals surface area contributed by atoms with E-state index in [9.17, 15) is 4.79 Å². The summed E-state index contributed by atoms with van der Waals surface area (Å²) >= 11 is 0. The Labute approximate surface area is 176 Å². The minimum atomic E-state index is -0.279. The lowest BCUT2D eigenvalue weighted by atomic mass is 10.1. The van der Waals surface area contributed by atoms with Crippen molar-refractivity contribution >= 4 is 16.9 Å². The van der Waals surface area contributed by atoms with Gasteiger partial charge in [-0.25, -0.2) is 4.98 Å². The van der Waals surface area contributed by atoms with Crippen molar-refractivity contribution in [2.75, 3.05) is 7.11 Å². The lowest BCUT2D eigenvalue weighted by molar-refractivity contribution is 0.0934. The Morgan fingerprint density at radius 1 is 1.03 bits per heavy atom. The van der Waals surface area contributed by atoms with Crippen molar-refractivity contribution < 1.29 is 9.53 Å². The van der Waals surface area contributed by atoms with Gasteiger partial charge in [0.15, 0.2) is 0 Å². The Kier molecular flexibility index (Phi) is 5.53. The number of benzene rings is 3. The monoisotopic (exact) mass is 399 g/mol. The van der Waals surface area contributed by atoms with Crippen LogP contribution in [0.15, 0.2) is 72.8 Å². The van der Waals surface area contributed by atoms with Gasteiger partial charge in [-0.15, -0.1) is 0 Å². The molecule has 5 heteroatoms. The van der Waals surface area contributed by atoms with E-state index >= 15 is 0 Å². The van der Waals surface area contributed by atoms with Crippen LogP contribution in [0.5, 0.6) is 5.75 Å². The highest BCUT2D eigenvalue weighted by atomic mass is 16.5. The highest BCUT2D eigenvalue weighted by Gasteiger charge is 2.21. The highest BCUT2D eigenvalue weighted by Crippen LogP contribution is 2.24. The molecule has 1 atom stereocenters. The molecule has 0 aliphatic rings. The third kappa shape index (κ3) is 3.79. The molecule has 3 aromatic carbocycles. The van der Waals surface area contributed by atoms with Gasteiger partial charge in [0.05, 0.1) is 29.7 Å². The zero-order valence-corrected chi connectivity index (χ0v) is 17.4. The number of rotatable bonds is 6. The highest BCUT2D eigenvalue weighted by molar-refractivity contribution is 5.97. The fraction of sp³-hybridized carbons (Fsp3) is 0.200. The molecule has 152 valence electrons. The van der Waals surface area contributed by atoms with E-state index in [2.05, 4.69) is 35.0 Å². The van der Waals surface area contributed by atoms with Gasteiger partial charge in [-0.2, -0.15) is 0 Å². The van der Waals surface area contributed by atoms with Crippen molar-refractivity contribution in [2.24, 2.45) is 0 Å². The summed E-state index contributed by atoms with van der Waals surface area (Å²) in [7, 11) is 1.57. The molecule has 0 fully saturated rings. The predicted octanol–water partition coefficient (Wildman–Crippen LogP) is 4.89. The van der Waals surface area contributed by atoms with Crippen LogP contribution in [0.1, 0.15) is 40.3 Å². The van der Waals surface area contributed by atoms with Crippen LogP contribution in [-0.2, 0) is 6.54 Å². The number of carbonyl (C=O) groups is 1. The van der Waals surface area contributed by atoms with Gasteiger partial charge in [-0.1, -0.05) is 48.5 Å². The minimum absolute atomic E-state index is 0.186. The van der Waals surface area contributed by atoms with E-state index in [0.717, 1.165) is 16.9 Å². The second-order valence-corrected chi connectivity index (χ2v) is 7.37. The summed E-state index contributed by atoms with van der Waals surface area (Å²) < 4.78 is 7.52. The Hall–Kier alpha value is -3.60. The minimum Gasteiger partial charge on any atom is -0.496 e. The van der Waals surface area contributed by atoms with Crippen molar-refractivity contribution in [1.82, 2.24) is 14.9 Å². The number of methoxy groups -OCH3 is 1. The maximum Gasteiger partial charge on any atom is 0.255 e. The fourth-order valence-electron chi connectivity index (χ4n) is 3.72. The van der Waals surface area contributed by atoms with Gasteiger partial charge in [0, 0.05) is 6.54 Å². The zero-order valence-electron chi connectivity index (χ0n) is 17.4. The van der Waals surface area contributed by atoms with Crippen LogP contribution in [0.25, 0.3) is 11.0 Å². The SMILES string of the molecule is COc1ccccc1C(=O)N[C@H](C)c1nc2ccccc2n1Cc1ccccc1C. The molecule has 0 radical (unpaired) electrons. The first-order valence-corrected chi connectivity index (χ1v) is 10.0. The van der Waals surface area contributed by atoms with Crippen molar-refractivity contribution in [1.29, 1.82) is 0 Å². The normalized spacial score (nSPS) is 12.0. The number of amides is 1. The van der Waals surface area contributed by atoms with Crippen LogP contribution in [0, 0.1) is 6.92 Å². The maximum absolute atomic E-state index is 12.9. The number of aromatic nitrogens is 2. The second-order valence-electron chi connectivity index (χ2n) is 7.37. The first-order valence-electron chi connectivity index (χ1n) is 10.0. The van der Waals surface area contributed by atoms with Gasteiger partial charge in [0.1, 0.15) is 11.6 Å². The van der Waals surface area contributed by atoms with Crippen LogP contribution < -0.4 is 10.1 Å². The summed E-state index contributed by atoms with van der Waals surface area (Å²) in [5, 5.41) is 3.09. The third-order valence-electron chi connectivity index (χ3n) is 5.36. The number of hydrogen-bond donors (Lipinski definition) is 1. The van der Waals surface area contributed by atoms with Gasteiger partial charge in [-0.3, -0.25) is 4.79 Å². The number of para-hydroxylation sites is 3. The van der Waals surface area contributed by atoms with E-state index in [1.807, 2.05) is 49.4 Å². The number of nitrogens with zero attached hydrogens (tertiary/aromatic N) is 2. The molecule has 0 saturated carbocycles. The molecule has 0 aliphatic heterocycles. The maximum atomic E-state index is 12.9. The second kappa shape index (κ2) is 8.41. The Morgan fingerprint density at radius 3 is 2.53 bits per heavy atom. The molecule has 0 spiro atoms. The lowest BCUT2D eigenvalue weighted by Crippen LogP contribution is -2.29. The smallest absolute Gasteiger partial charge is 0.255 e. The summed E-state index contributed by atoms with van der Waals surface area (Å²) in [6, 6.07) is 23.3. The number of ether oxygens (including phenoxy) is 1. The summed E-state index contributed by atoms with van der Waals surface area (Å²) in [4.78, 5) is 17.8. The molecule has 1 heterocycles. The summed E-state index contributed by atoms with van der Waals surface area (Å²) in [5.74, 6) is 1.19. The molecular weight excluding hydrogens is 374 g/mol.